The van der Waals surface area contributed by atoms with Crippen LogP contribution >= 0.6 is 11.8 Å². The summed E-state index contributed by atoms with van der Waals surface area (Å²) in [4.78, 5) is 41.4. The molecule has 0 aliphatic carbocycles. The van der Waals surface area contributed by atoms with Crippen molar-refractivity contribution in [3.05, 3.63) is 77.9 Å². The minimum absolute atomic E-state index is 0.310. The Labute approximate surface area is 234 Å². The summed E-state index contributed by atoms with van der Waals surface area (Å²) in [5, 5.41) is 7.60. The fourth-order valence-electron chi connectivity index (χ4n) is 4.15. The normalized spacial score (nSPS) is 12.6. The van der Waals surface area contributed by atoms with Gasteiger partial charge in [-0.1, -0.05) is 61.0 Å². The largest absolute Gasteiger partial charge is 0.444 e. The lowest BCUT2D eigenvalue weighted by molar-refractivity contribution is -0.136. The maximum atomic E-state index is 13.9. The van der Waals surface area contributed by atoms with E-state index in [0.29, 0.717) is 23.4 Å². The van der Waals surface area contributed by atoms with E-state index in [1.54, 1.807) is 32.9 Å². The first-order valence-electron chi connectivity index (χ1n) is 12.7. The molecule has 7 nitrogen and oxygen atoms in total. The van der Waals surface area contributed by atoms with Crippen molar-refractivity contribution >= 4 is 46.1 Å². The molecule has 0 bridgehead atoms. The van der Waals surface area contributed by atoms with Gasteiger partial charge in [-0.25, -0.2) is 4.79 Å². The molecule has 0 saturated heterocycles. The number of carbonyl (C=O) groups excluding carboxylic acids is 3. The van der Waals surface area contributed by atoms with Crippen LogP contribution in [0.2, 0.25) is 0 Å². The lowest BCUT2D eigenvalue weighted by Gasteiger charge is -2.31. The summed E-state index contributed by atoms with van der Waals surface area (Å²) < 4.78 is 5.38. The van der Waals surface area contributed by atoms with E-state index in [1.807, 2.05) is 67.8 Å². The Morgan fingerprint density at radius 3 is 2.33 bits per heavy atom. The number of ether oxygens (including phenoxy) is 1. The second-order valence-electron chi connectivity index (χ2n) is 10.1. The van der Waals surface area contributed by atoms with Crippen molar-refractivity contribution < 1.29 is 19.1 Å². The van der Waals surface area contributed by atoms with Crippen LogP contribution in [-0.4, -0.2) is 46.5 Å². The zero-order valence-electron chi connectivity index (χ0n) is 23.0. The Morgan fingerprint density at radius 2 is 1.69 bits per heavy atom. The van der Waals surface area contributed by atoms with Crippen molar-refractivity contribution in [2.75, 3.05) is 17.3 Å². The molecule has 3 aromatic rings. The van der Waals surface area contributed by atoms with E-state index < -0.39 is 35.6 Å². The van der Waals surface area contributed by atoms with E-state index >= 15 is 0 Å². The zero-order chi connectivity index (χ0) is 28.6. The van der Waals surface area contributed by atoms with Gasteiger partial charge in [0, 0.05) is 11.7 Å². The van der Waals surface area contributed by atoms with E-state index in [4.69, 9.17) is 11.2 Å². The second kappa shape index (κ2) is 13.2. The number of fused-ring (bicyclic) bond motifs is 1. The topological polar surface area (TPSA) is 87.7 Å². The van der Waals surface area contributed by atoms with Crippen LogP contribution in [0.3, 0.4) is 0 Å². The Kier molecular flexibility index (Phi) is 10.0. The molecule has 0 saturated carbocycles. The number of rotatable bonds is 9. The average Bonchev–Trinajstić information content (AvgIpc) is 2.88. The summed E-state index contributed by atoms with van der Waals surface area (Å²) >= 11 is 1.53. The van der Waals surface area contributed by atoms with Crippen molar-refractivity contribution in [3.63, 3.8) is 0 Å². The molecule has 2 atom stereocenters. The van der Waals surface area contributed by atoms with Gasteiger partial charge in [-0.15, -0.1) is 0 Å². The Bertz CT molecular complexity index is 1380. The number of nitrogens with one attached hydrogen (secondary N) is 2. The number of aryl methyl sites for hydroxylation is 1. The number of thioether (sulfide) groups is 1. The number of terminal acetylenes is 1. The molecule has 3 aromatic carbocycles. The highest BCUT2D eigenvalue weighted by Gasteiger charge is 2.36. The first-order valence-corrected chi connectivity index (χ1v) is 14.1. The Morgan fingerprint density at radius 1 is 1.03 bits per heavy atom. The maximum absolute atomic E-state index is 13.9. The molecule has 204 valence electrons. The van der Waals surface area contributed by atoms with E-state index in [9.17, 15) is 14.4 Å². The van der Waals surface area contributed by atoms with E-state index in [1.165, 1.54) is 11.8 Å². The molecular weight excluding hydrogens is 510 g/mol. The predicted octanol–water partition coefficient (Wildman–Crippen LogP) is 5.89. The fraction of sp³-hybridized carbons (Fsp3) is 0.323. The fourth-order valence-corrected chi connectivity index (χ4v) is 4.62. The molecule has 2 unspecified atom stereocenters. The number of nitrogens with zero attached hydrogens (tertiary/aromatic N) is 1. The van der Waals surface area contributed by atoms with Crippen LogP contribution in [0.4, 0.5) is 10.5 Å². The molecule has 0 aliphatic rings. The molecule has 2 N–H and O–H groups in total. The van der Waals surface area contributed by atoms with E-state index in [0.717, 1.165) is 21.2 Å². The van der Waals surface area contributed by atoms with Crippen molar-refractivity contribution in [2.45, 2.75) is 51.8 Å². The van der Waals surface area contributed by atoms with Crippen molar-refractivity contribution in [3.8, 4) is 12.5 Å². The van der Waals surface area contributed by atoms with Crippen molar-refractivity contribution in [1.29, 1.82) is 0 Å². The van der Waals surface area contributed by atoms with Gasteiger partial charge >= 0.3 is 6.09 Å². The summed E-state index contributed by atoms with van der Waals surface area (Å²) in [6.45, 7) is 7.08. The highest BCUT2D eigenvalue weighted by atomic mass is 32.2. The smallest absolute Gasteiger partial charge is 0.408 e. The molecule has 3 rings (SSSR count). The quantitative estimate of drug-likeness (QED) is 0.258. The molecule has 0 aromatic heterocycles. The third kappa shape index (κ3) is 8.01. The monoisotopic (exact) mass is 545 g/mol. The lowest BCUT2D eigenvalue weighted by Crippen LogP contribution is -2.51. The van der Waals surface area contributed by atoms with Crippen molar-refractivity contribution in [1.82, 2.24) is 10.2 Å². The van der Waals surface area contributed by atoms with Gasteiger partial charge in [0.2, 0.25) is 0 Å². The first kappa shape index (κ1) is 29.6. The molecule has 0 aliphatic heterocycles. The van der Waals surface area contributed by atoms with Crippen LogP contribution < -0.4 is 10.6 Å². The van der Waals surface area contributed by atoms with E-state index in [2.05, 4.69) is 16.7 Å². The number of anilines is 1. The van der Waals surface area contributed by atoms with Gasteiger partial charge in [-0.05, 0) is 80.2 Å². The molecule has 0 heterocycles. The summed E-state index contributed by atoms with van der Waals surface area (Å²) in [6, 6.07) is 21.0. The van der Waals surface area contributed by atoms with Gasteiger partial charge in [0.25, 0.3) is 11.8 Å². The molecule has 39 heavy (non-hydrogen) atoms. The zero-order valence-corrected chi connectivity index (χ0v) is 23.8. The van der Waals surface area contributed by atoms with Crippen LogP contribution in [0.5, 0.6) is 0 Å². The summed E-state index contributed by atoms with van der Waals surface area (Å²) in [7, 11) is 0. The maximum Gasteiger partial charge on any atom is 0.408 e. The van der Waals surface area contributed by atoms with Crippen LogP contribution in [0.15, 0.2) is 66.7 Å². The van der Waals surface area contributed by atoms with Gasteiger partial charge in [-0.3, -0.25) is 14.5 Å². The van der Waals surface area contributed by atoms with Crippen LogP contribution in [0.25, 0.3) is 10.8 Å². The molecule has 0 spiro atoms. The molecule has 8 heteroatoms. The summed E-state index contributed by atoms with van der Waals surface area (Å²) in [6.07, 6.45) is 7.38. The van der Waals surface area contributed by atoms with Gasteiger partial charge in [0.15, 0.2) is 0 Å². The van der Waals surface area contributed by atoms with Gasteiger partial charge in [-0.2, -0.15) is 11.8 Å². The number of hydrogen-bond donors (Lipinski definition) is 2. The SMILES string of the molecule is C#CN(C(=O)C(CCSC)NC(=O)OC(C)(C)C)C(C(=O)Nc1ccc2ccccc2c1)c1ccccc1C. The number of hydrogen-bond acceptors (Lipinski definition) is 5. The number of amides is 3. The summed E-state index contributed by atoms with van der Waals surface area (Å²) in [5.74, 6) is -0.450. The Balaban J connectivity index is 1.97. The molecule has 0 fully saturated rings. The Hall–Kier alpha value is -3.96. The standard InChI is InChI=1S/C31H35N3O4S/c1-7-34(29(36)26(18-19-39-6)33-30(37)38-31(3,4)5)27(25-15-11-8-12-21(25)2)28(35)32-24-17-16-22-13-9-10-14-23(22)20-24/h1,8-17,20,26-27H,18-19H2,2-6H3,(H,32,35)(H,33,37). The third-order valence-electron chi connectivity index (χ3n) is 5.98. The number of alkyl carbamates (subject to hydrolysis) is 1. The van der Waals surface area contributed by atoms with Crippen LogP contribution in [0.1, 0.15) is 44.4 Å². The van der Waals surface area contributed by atoms with Crippen molar-refractivity contribution in [2.24, 2.45) is 0 Å². The van der Waals surface area contributed by atoms with Gasteiger partial charge < -0.3 is 15.4 Å². The second-order valence-corrected chi connectivity index (χ2v) is 11.1. The average molecular weight is 546 g/mol. The van der Waals surface area contributed by atoms with Gasteiger partial charge in [0.05, 0.1) is 0 Å². The first-order chi connectivity index (χ1) is 18.5. The molecule has 0 radical (unpaired) electrons. The minimum Gasteiger partial charge on any atom is -0.444 e. The van der Waals surface area contributed by atoms with Gasteiger partial charge in [0.1, 0.15) is 17.7 Å². The van der Waals surface area contributed by atoms with E-state index in [-0.39, 0.29) is 0 Å². The highest BCUT2D eigenvalue weighted by molar-refractivity contribution is 7.98. The van der Waals surface area contributed by atoms with Crippen LogP contribution in [-0.2, 0) is 14.3 Å². The molecule has 3 amide bonds. The third-order valence-corrected chi connectivity index (χ3v) is 6.63. The van der Waals surface area contributed by atoms with Crippen LogP contribution in [0, 0.1) is 19.4 Å². The molecular formula is C31H35N3O4S. The predicted molar refractivity (Wildman–Crippen MR) is 158 cm³/mol. The highest BCUT2D eigenvalue weighted by Crippen LogP contribution is 2.28. The lowest BCUT2D eigenvalue weighted by atomic mass is 9.98. The number of benzene rings is 3. The summed E-state index contributed by atoms with van der Waals surface area (Å²) in [5.41, 5.74) is 1.22. The number of carbonyl (C=O) groups is 3. The minimum atomic E-state index is -1.13.